The first kappa shape index (κ1) is 20.0. The molecule has 0 aliphatic carbocycles. The van der Waals surface area contributed by atoms with Crippen molar-refractivity contribution in [1.29, 1.82) is 0 Å². The molecule has 3 rings (SSSR count). The molecular formula is C24H24N2O3. The molecule has 0 spiro atoms. The summed E-state index contributed by atoms with van der Waals surface area (Å²) in [6, 6.07) is 24.8. The number of anilines is 2. The average molecular weight is 388 g/mol. The highest BCUT2D eigenvalue weighted by Gasteiger charge is 2.07. The SMILES string of the molecule is C=CCOc1ccccc1NC(=O)CNc1ccc(OCc2ccccc2)cc1. The third-order valence-corrected chi connectivity index (χ3v) is 4.07. The predicted molar refractivity (Wildman–Crippen MR) is 116 cm³/mol. The van der Waals surface area contributed by atoms with Gasteiger partial charge in [0.25, 0.3) is 0 Å². The number of ether oxygens (including phenoxy) is 2. The van der Waals surface area contributed by atoms with Gasteiger partial charge in [-0.05, 0) is 42.0 Å². The number of rotatable bonds is 10. The second-order valence-corrected chi connectivity index (χ2v) is 6.30. The van der Waals surface area contributed by atoms with E-state index in [4.69, 9.17) is 9.47 Å². The number of amides is 1. The lowest BCUT2D eigenvalue weighted by Crippen LogP contribution is -2.22. The van der Waals surface area contributed by atoms with Crippen molar-refractivity contribution in [3.05, 3.63) is 97.1 Å². The minimum Gasteiger partial charge on any atom is -0.489 e. The topological polar surface area (TPSA) is 59.6 Å². The highest BCUT2D eigenvalue weighted by Crippen LogP contribution is 2.23. The molecule has 5 nitrogen and oxygen atoms in total. The van der Waals surface area contributed by atoms with Gasteiger partial charge in [0.15, 0.2) is 0 Å². The quantitative estimate of drug-likeness (QED) is 0.486. The second kappa shape index (κ2) is 10.6. The smallest absolute Gasteiger partial charge is 0.243 e. The molecule has 3 aromatic rings. The van der Waals surface area contributed by atoms with E-state index < -0.39 is 0 Å². The van der Waals surface area contributed by atoms with Crippen LogP contribution in [0.25, 0.3) is 0 Å². The molecule has 0 aliphatic rings. The van der Waals surface area contributed by atoms with E-state index >= 15 is 0 Å². The average Bonchev–Trinajstić information content (AvgIpc) is 2.77. The van der Waals surface area contributed by atoms with E-state index in [-0.39, 0.29) is 12.5 Å². The van der Waals surface area contributed by atoms with Crippen LogP contribution in [0.3, 0.4) is 0 Å². The third kappa shape index (κ3) is 6.43. The second-order valence-electron chi connectivity index (χ2n) is 6.30. The maximum Gasteiger partial charge on any atom is 0.243 e. The monoisotopic (exact) mass is 388 g/mol. The summed E-state index contributed by atoms with van der Waals surface area (Å²) in [4.78, 5) is 12.3. The summed E-state index contributed by atoms with van der Waals surface area (Å²) in [5, 5.41) is 5.96. The van der Waals surface area contributed by atoms with E-state index in [1.807, 2.05) is 66.7 Å². The van der Waals surface area contributed by atoms with Gasteiger partial charge in [-0.15, -0.1) is 0 Å². The van der Waals surface area contributed by atoms with Crippen LogP contribution in [0.15, 0.2) is 91.5 Å². The van der Waals surface area contributed by atoms with Gasteiger partial charge < -0.3 is 20.1 Å². The van der Waals surface area contributed by atoms with E-state index in [1.165, 1.54) is 0 Å². The molecule has 0 bridgehead atoms. The first-order valence-electron chi connectivity index (χ1n) is 9.38. The number of benzene rings is 3. The molecule has 2 N–H and O–H groups in total. The van der Waals surface area contributed by atoms with Crippen LogP contribution in [-0.4, -0.2) is 19.1 Å². The van der Waals surface area contributed by atoms with E-state index in [0.29, 0.717) is 24.7 Å². The van der Waals surface area contributed by atoms with Crippen LogP contribution in [0.5, 0.6) is 11.5 Å². The lowest BCUT2D eigenvalue weighted by atomic mass is 10.2. The number of nitrogens with one attached hydrogen (secondary N) is 2. The van der Waals surface area contributed by atoms with Crippen LogP contribution in [0.1, 0.15) is 5.56 Å². The number of hydrogen-bond acceptors (Lipinski definition) is 4. The summed E-state index contributed by atoms with van der Waals surface area (Å²) in [5.41, 5.74) is 2.58. The molecule has 29 heavy (non-hydrogen) atoms. The van der Waals surface area contributed by atoms with Gasteiger partial charge in [0.2, 0.25) is 5.91 Å². The standard InChI is InChI=1S/C24H24N2O3/c1-2-16-28-23-11-7-6-10-22(23)26-24(27)17-25-20-12-14-21(15-13-20)29-18-19-8-4-3-5-9-19/h2-15,25H,1,16-18H2,(H,26,27). The first-order valence-corrected chi connectivity index (χ1v) is 9.38. The molecule has 0 saturated heterocycles. The highest BCUT2D eigenvalue weighted by molar-refractivity contribution is 5.95. The molecule has 3 aromatic carbocycles. The zero-order valence-corrected chi connectivity index (χ0v) is 16.1. The molecule has 5 heteroatoms. The van der Waals surface area contributed by atoms with E-state index in [2.05, 4.69) is 17.2 Å². The number of carbonyl (C=O) groups excluding carboxylic acids is 1. The van der Waals surface area contributed by atoms with Crippen molar-refractivity contribution in [1.82, 2.24) is 0 Å². The molecule has 0 atom stereocenters. The van der Waals surface area contributed by atoms with E-state index in [0.717, 1.165) is 17.0 Å². The van der Waals surface area contributed by atoms with E-state index in [1.54, 1.807) is 18.2 Å². The van der Waals surface area contributed by atoms with Crippen molar-refractivity contribution in [3.63, 3.8) is 0 Å². The van der Waals surface area contributed by atoms with Crippen LogP contribution in [-0.2, 0) is 11.4 Å². The molecule has 148 valence electrons. The Morgan fingerprint density at radius 2 is 1.62 bits per heavy atom. The van der Waals surface area contributed by atoms with Gasteiger partial charge >= 0.3 is 0 Å². The molecule has 0 unspecified atom stereocenters. The van der Waals surface area contributed by atoms with E-state index in [9.17, 15) is 4.79 Å². The zero-order valence-electron chi connectivity index (χ0n) is 16.1. The van der Waals surface area contributed by atoms with Crippen LogP contribution < -0.4 is 20.1 Å². The summed E-state index contributed by atoms with van der Waals surface area (Å²) in [5.74, 6) is 1.22. The molecule has 0 aromatic heterocycles. The molecule has 0 aliphatic heterocycles. The fraction of sp³-hybridized carbons (Fsp3) is 0.125. The maximum absolute atomic E-state index is 12.3. The highest BCUT2D eigenvalue weighted by atomic mass is 16.5. The summed E-state index contributed by atoms with van der Waals surface area (Å²) < 4.78 is 11.3. The summed E-state index contributed by atoms with van der Waals surface area (Å²) in [7, 11) is 0. The Balaban J connectivity index is 1.47. The van der Waals surface area contributed by atoms with Crippen molar-refractivity contribution in [2.24, 2.45) is 0 Å². The fourth-order valence-electron chi connectivity index (χ4n) is 2.63. The minimum atomic E-state index is -0.163. The van der Waals surface area contributed by atoms with Gasteiger partial charge in [-0.1, -0.05) is 55.1 Å². The third-order valence-electron chi connectivity index (χ3n) is 4.07. The molecule has 1 amide bonds. The maximum atomic E-state index is 12.3. The Morgan fingerprint density at radius 1 is 0.897 bits per heavy atom. The number of hydrogen-bond donors (Lipinski definition) is 2. The molecule has 0 heterocycles. The predicted octanol–water partition coefficient (Wildman–Crippen LogP) is 4.88. The summed E-state index contributed by atoms with van der Waals surface area (Å²) in [6.45, 7) is 4.67. The number of para-hydroxylation sites is 2. The normalized spacial score (nSPS) is 10.1. The van der Waals surface area contributed by atoms with Crippen LogP contribution in [0.4, 0.5) is 11.4 Å². The Morgan fingerprint density at radius 3 is 2.38 bits per heavy atom. The van der Waals surface area contributed by atoms with Crippen molar-refractivity contribution >= 4 is 17.3 Å². The van der Waals surface area contributed by atoms with Crippen molar-refractivity contribution in [3.8, 4) is 11.5 Å². The minimum absolute atomic E-state index is 0.139. The molecule has 0 radical (unpaired) electrons. The largest absolute Gasteiger partial charge is 0.489 e. The van der Waals surface area contributed by atoms with Gasteiger partial charge in [-0.25, -0.2) is 0 Å². The first-order chi connectivity index (χ1) is 14.2. The Bertz CT molecular complexity index is 924. The van der Waals surface area contributed by atoms with Crippen molar-refractivity contribution < 1.29 is 14.3 Å². The van der Waals surface area contributed by atoms with Crippen LogP contribution in [0, 0.1) is 0 Å². The van der Waals surface area contributed by atoms with Crippen LogP contribution >= 0.6 is 0 Å². The van der Waals surface area contributed by atoms with Gasteiger partial charge in [0, 0.05) is 5.69 Å². The Kier molecular flexibility index (Phi) is 7.29. The zero-order chi connectivity index (χ0) is 20.3. The van der Waals surface area contributed by atoms with Gasteiger partial charge in [-0.3, -0.25) is 4.79 Å². The summed E-state index contributed by atoms with van der Waals surface area (Å²) >= 11 is 0. The molecule has 0 saturated carbocycles. The fourth-order valence-corrected chi connectivity index (χ4v) is 2.63. The Hall–Kier alpha value is -3.73. The van der Waals surface area contributed by atoms with Gasteiger partial charge in [0.1, 0.15) is 24.7 Å². The molecule has 0 fully saturated rings. The van der Waals surface area contributed by atoms with Crippen LogP contribution in [0.2, 0.25) is 0 Å². The lowest BCUT2D eigenvalue weighted by Gasteiger charge is -2.12. The Labute approximate surface area is 171 Å². The van der Waals surface area contributed by atoms with Crippen molar-refractivity contribution in [2.45, 2.75) is 6.61 Å². The lowest BCUT2D eigenvalue weighted by molar-refractivity contribution is -0.114. The molecular weight excluding hydrogens is 364 g/mol. The van der Waals surface area contributed by atoms with Gasteiger partial charge in [0.05, 0.1) is 12.2 Å². The van der Waals surface area contributed by atoms with Gasteiger partial charge in [-0.2, -0.15) is 0 Å². The number of carbonyl (C=O) groups is 1. The van der Waals surface area contributed by atoms with Crippen molar-refractivity contribution in [2.75, 3.05) is 23.8 Å². The summed E-state index contributed by atoms with van der Waals surface area (Å²) in [6.07, 6.45) is 1.66.